The number of rotatable bonds is 8. The molecule has 0 radical (unpaired) electrons. The summed E-state index contributed by atoms with van der Waals surface area (Å²) in [5, 5.41) is 0. The molecule has 1 aliphatic heterocycles. The number of aryl methyl sites for hydroxylation is 3. The zero-order chi connectivity index (χ0) is 26.7. The van der Waals surface area contributed by atoms with E-state index in [9.17, 15) is 12.8 Å². The van der Waals surface area contributed by atoms with E-state index in [-0.39, 0.29) is 18.4 Å². The van der Waals surface area contributed by atoms with E-state index in [1.165, 1.54) is 12.1 Å². The molecule has 0 bridgehead atoms. The van der Waals surface area contributed by atoms with Gasteiger partial charge in [-0.25, -0.2) is 17.5 Å². The van der Waals surface area contributed by atoms with Crippen molar-refractivity contribution in [3.05, 3.63) is 88.7 Å². The number of sulfonamides is 1. The van der Waals surface area contributed by atoms with E-state index in [4.69, 9.17) is 0 Å². The van der Waals surface area contributed by atoms with Crippen LogP contribution in [0.4, 0.5) is 15.8 Å². The lowest BCUT2D eigenvalue weighted by Crippen LogP contribution is -2.50. The maximum absolute atomic E-state index is 13.4. The Balaban J connectivity index is 1.55. The number of nitrogens with zero attached hydrogens (tertiary/aromatic N) is 3. The summed E-state index contributed by atoms with van der Waals surface area (Å²) in [5.41, 5.74) is 5.72. The molecule has 0 spiro atoms. The minimum Gasteiger partial charge on any atom is -0.378 e. The van der Waals surface area contributed by atoms with Gasteiger partial charge in [0.05, 0.1) is 4.90 Å². The maximum Gasteiger partial charge on any atom is 0.241 e. The summed E-state index contributed by atoms with van der Waals surface area (Å²) in [6.45, 7) is 9.03. The van der Waals surface area contributed by atoms with E-state index in [0.717, 1.165) is 59.8 Å². The normalized spacial score (nSPS) is 15.6. The Labute approximate surface area is 220 Å². The fourth-order valence-corrected chi connectivity index (χ4v) is 6.73. The quantitative estimate of drug-likeness (QED) is 0.465. The first-order valence-electron chi connectivity index (χ1n) is 12.6. The van der Waals surface area contributed by atoms with Crippen LogP contribution < -0.4 is 14.5 Å². The summed E-state index contributed by atoms with van der Waals surface area (Å²) >= 11 is 0. The third-order valence-electron chi connectivity index (χ3n) is 7.08. The Kier molecular flexibility index (Phi) is 8.21. The van der Waals surface area contributed by atoms with Gasteiger partial charge in [-0.05, 0) is 73.9 Å². The van der Waals surface area contributed by atoms with Crippen LogP contribution >= 0.6 is 0 Å². The molecule has 1 saturated heterocycles. The first-order valence-corrected chi connectivity index (χ1v) is 14.1. The van der Waals surface area contributed by atoms with Gasteiger partial charge in [-0.15, -0.1) is 0 Å². The largest absolute Gasteiger partial charge is 0.378 e. The third kappa shape index (κ3) is 6.32. The van der Waals surface area contributed by atoms with Gasteiger partial charge in [0.1, 0.15) is 5.82 Å². The van der Waals surface area contributed by atoms with Gasteiger partial charge in [-0.1, -0.05) is 29.8 Å². The van der Waals surface area contributed by atoms with E-state index in [0.29, 0.717) is 4.90 Å². The molecule has 37 heavy (non-hydrogen) atoms. The highest BCUT2D eigenvalue weighted by Crippen LogP contribution is 2.27. The van der Waals surface area contributed by atoms with E-state index in [1.54, 1.807) is 0 Å². The summed E-state index contributed by atoms with van der Waals surface area (Å²) < 4.78 is 43.2. The lowest BCUT2D eigenvalue weighted by Gasteiger charge is -2.40. The molecule has 0 aromatic heterocycles. The lowest BCUT2D eigenvalue weighted by atomic mass is 10.0. The molecule has 0 aliphatic carbocycles. The van der Waals surface area contributed by atoms with E-state index >= 15 is 0 Å². The van der Waals surface area contributed by atoms with Crippen molar-refractivity contribution in [2.75, 3.05) is 56.6 Å². The highest BCUT2D eigenvalue weighted by Gasteiger charge is 2.28. The Morgan fingerprint density at radius 1 is 0.892 bits per heavy atom. The number of anilines is 2. The molecular weight excluding hydrogens is 487 g/mol. The van der Waals surface area contributed by atoms with Gasteiger partial charge in [-0.2, -0.15) is 0 Å². The number of halogens is 1. The number of hydrogen-bond donors (Lipinski definition) is 1. The van der Waals surface area contributed by atoms with Gasteiger partial charge >= 0.3 is 0 Å². The highest BCUT2D eigenvalue weighted by molar-refractivity contribution is 7.89. The maximum atomic E-state index is 13.4. The first kappa shape index (κ1) is 27.1. The summed E-state index contributed by atoms with van der Waals surface area (Å²) in [6, 6.07) is 18.6. The Morgan fingerprint density at radius 2 is 1.46 bits per heavy atom. The fourth-order valence-electron chi connectivity index (χ4n) is 5.25. The van der Waals surface area contributed by atoms with Crippen LogP contribution in [0.1, 0.15) is 28.3 Å². The highest BCUT2D eigenvalue weighted by atomic mass is 32.2. The molecule has 3 aromatic carbocycles. The topological polar surface area (TPSA) is 55.9 Å². The predicted molar refractivity (Wildman–Crippen MR) is 150 cm³/mol. The van der Waals surface area contributed by atoms with Crippen LogP contribution in [0.25, 0.3) is 0 Å². The van der Waals surface area contributed by atoms with Gasteiger partial charge in [0.2, 0.25) is 10.0 Å². The smallest absolute Gasteiger partial charge is 0.241 e. The van der Waals surface area contributed by atoms with Crippen LogP contribution in [-0.4, -0.2) is 60.1 Å². The average Bonchev–Trinajstić information content (AvgIpc) is 2.84. The fraction of sp³-hybridized carbons (Fsp3) is 0.379. The Morgan fingerprint density at radius 3 is 2.00 bits per heavy atom. The van der Waals surface area contributed by atoms with Crippen molar-refractivity contribution in [3.63, 3.8) is 0 Å². The number of nitrogens with one attached hydrogen (secondary N) is 1. The van der Waals surface area contributed by atoms with E-state index < -0.39 is 10.0 Å². The average molecular weight is 525 g/mol. The van der Waals surface area contributed by atoms with E-state index in [2.05, 4.69) is 38.8 Å². The van der Waals surface area contributed by atoms with Crippen molar-refractivity contribution in [2.45, 2.75) is 31.7 Å². The van der Waals surface area contributed by atoms with E-state index in [1.807, 2.05) is 64.0 Å². The molecule has 6 nitrogen and oxygen atoms in total. The minimum atomic E-state index is -3.69. The van der Waals surface area contributed by atoms with Crippen LogP contribution in [0, 0.1) is 26.6 Å². The standard InChI is InChI=1S/C29H37FN4O2S/c1-21-18-22(2)29(23(3)19-21)37(35,36)31-20-28(24-6-10-26(11-7-24)32(4)5)34-16-14-33(15-17-34)27-12-8-25(30)9-13-27/h6-13,18-19,28,31H,14-17,20H2,1-5H3. The molecule has 0 amide bonds. The van der Waals surface area contributed by atoms with Crippen molar-refractivity contribution in [3.8, 4) is 0 Å². The molecule has 4 rings (SSSR count). The number of piperazine rings is 1. The van der Waals surface area contributed by atoms with Gasteiger partial charge in [0.15, 0.2) is 0 Å². The minimum absolute atomic E-state index is 0.118. The molecule has 1 unspecified atom stereocenters. The molecule has 3 aromatic rings. The van der Waals surface area contributed by atoms with Gasteiger partial charge in [-0.3, -0.25) is 4.90 Å². The molecule has 1 N–H and O–H groups in total. The molecule has 198 valence electrons. The summed E-state index contributed by atoms with van der Waals surface area (Å²) in [7, 11) is 0.313. The zero-order valence-corrected chi connectivity index (χ0v) is 23.1. The summed E-state index contributed by atoms with van der Waals surface area (Å²) in [4.78, 5) is 6.99. The number of hydrogen-bond acceptors (Lipinski definition) is 5. The molecule has 0 saturated carbocycles. The molecule has 1 fully saturated rings. The first-order chi connectivity index (χ1) is 17.5. The van der Waals surface area contributed by atoms with Crippen LogP contribution in [-0.2, 0) is 10.0 Å². The molecule has 1 atom stereocenters. The second kappa shape index (κ2) is 11.2. The van der Waals surface area contributed by atoms with Crippen molar-refractivity contribution < 1.29 is 12.8 Å². The van der Waals surface area contributed by atoms with Gasteiger partial charge in [0, 0.05) is 64.2 Å². The second-order valence-corrected chi connectivity index (χ2v) is 11.8. The van der Waals surface area contributed by atoms with Crippen molar-refractivity contribution in [1.82, 2.24) is 9.62 Å². The van der Waals surface area contributed by atoms with Gasteiger partial charge < -0.3 is 9.80 Å². The Bertz CT molecular complexity index is 1290. The molecule has 1 heterocycles. The van der Waals surface area contributed by atoms with Crippen LogP contribution in [0.5, 0.6) is 0 Å². The second-order valence-electron chi connectivity index (χ2n) is 10.1. The Hall–Kier alpha value is -2.94. The van der Waals surface area contributed by atoms with Crippen molar-refractivity contribution >= 4 is 21.4 Å². The van der Waals surface area contributed by atoms with Crippen LogP contribution in [0.3, 0.4) is 0 Å². The zero-order valence-electron chi connectivity index (χ0n) is 22.3. The summed E-state index contributed by atoms with van der Waals surface area (Å²) in [6.07, 6.45) is 0. The molecule has 1 aliphatic rings. The molecule has 8 heteroatoms. The SMILES string of the molecule is Cc1cc(C)c(S(=O)(=O)NCC(c2ccc(N(C)C)cc2)N2CCN(c3ccc(F)cc3)CC2)c(C)c1. The number of benzene rings is 3. The summed E-state index contributed by atoms with van der Waals surface area (Å²) in [5.74, 6) is -0.241. The van der Waals surface area contributed by atoms with Crippen molar-refractivity contribution in [1.29, 1.82) is 0 Å². The third-order valence-corrected chi connectivity index (χ3v) is 8.81. The monoisotopic (exact) mass is 524 g/mol. The lowest BCUT2D eigenvalue weighted by molar-refractivity contribution is 0.187. The molecular formula is C29H37FN4O2S. The van der Waals surface area contributed by atoms with Crippen LogP contribution in [0.2, 0.25) is 0 Å². The van der Waals surface area contributed by atoms with Crippen LogP contribution in [0.15, 0.2) is 65.6 Å². The predicted octanol–water partition coefficient (Wildman–Crippen LogP) is 4.66. The van der Waals surface area contributed by atoms with Crippen molar-refractivity contribution in [2.24, 2.45) is 0 Å². The van der Waals surface area contributed by atoms with Gasteiger partial charge in [0.25, 0.3) is 0 Å².